The zero-order valence-electron chi connectivity index (χ0n) is 11.8. The van der Waals surface area contributed by atoms with E-state index < -0.39 is 0 Å². The van der Waals surface area contributed by atoms with Crippen LogP contribution in [-0.2, 0) is 4.79 Å². The van der Waals surface area contributed by atoms with Gasteiger partial charge in [-0.25, -0.2) is 0 Å². The third kappa shape index (κ3) is 5.05. The fourth-order valence-electron chi connectivity index (χ4n) is 1.58. The molecule has 2 rings (SSSR count). The van der Waals surface area contributed by atoms with Gasteiger partial charge >= 0.3 is 0 Å². The van der Waals surface area contributed by atoms with Gasteiger partial charge in [0.05, 0.1) is 4.88 Å². The SMILES string of the molecule is CC.O=C(CCC(=O)c1cccs1)C1=NC=CCC=C1. The standard InChI is InChI=1S/C14H13NO2S.C2H6/c16-12(11-5-2-1-3-9-15-11)7-8-13(17)14-6-4-10-18-14;1-2/h2-6,9-10H,1,7-8H2;1-2H3. The van der Waals surface area contributed by atoms with Crippen LogP contribution in [0.2, 0.25) is 0 Å². The fraction of sp³-hybridized carbons (Fsp3) is 0.312. The molecule has 20 heavy (non-hydrogen) atoms. The molecule has 0 spiro atoms. The van der Waals surface area contributed by atoms with Gasteiger partial charge in [0, 0.05) is 19.0 Å². The molecule has 4 heteroatoms. The molecule has 0 aliphatic carbocycles. The number of carbonyl (C=O) groups excluding carboxylic acids is 2. The summed E-state index contributed by atoms with van der Waals surface area (Å²) < 4.78 is 0. The Morgan fingerprint density at radius 2 is 1.95 bits per heavy atom. The second-order valence-electron chi connectivity index (χ2n) is 3.86. The minimum Gasteiger partial charge on any atom is -0.293 e. The average Bonchev–Trinajstić information content (AvgIpc) is 2.89. The van der Waals surface area contributed by atoms with E-state index in [1.54, 1.807) is 18.3 Å². The van der Waals surface area contributed by atoms with Crippen molar-refractivity contribution in [1.82, 2.24) is 0 Å². The summed E-state index contributed by atoms with van der Waals surface area (Å²) in [6, 6.07) is 3.62. The Balaban J connectivity index is 0.000000956. The van der Waals surface area contributed by atoms with Crippen LogP contribution in [0.25, 0.3) is 0 Å². The van der Waals surface area contributed by atoms with Gasteiger partial charge in [0.1, 0.15) is 5.71 Å². The summed E-state index contributed by atoms with van der Waals surface area (Å²) >= 11 is 1.41. The van der Waals surface area contributed by atoms with Crippen molar-refractivity contribution in [2.75, 3.05) is 0 Å². The Bertz CT molecular complexity index is 525. The monoisotopic (exact) mass is 289 g/mol. The van der Waals surface area contributed by atoms with Crippen molar-refractivity contribution in [3.05, 3.63) is 46.8 Å². The molecule has 0 bridgehead atoms. The highest BCUT2D eigenvalue weighted by atomic mass is 32.1. The molecule has 106 valence electrons. The molecule has 0 N–H and O–H groups in total. The van der Waals surface area contributed by atoms with E-state index in [0.717, 1.165) is 6.42 Å². The summed E-state index contributed by atoms with van der Waals surface area (Å²) in [5.41, 5.74) is 0.433. The molecule has 1 aromatic rings. The Hall–Kier alpha value is -1.81. The van der Waals surface area contributed by atoms with Crippen LogP contribution >= 0.6 is 11.3 Å². The second-order valence-corrected chi connectivity index (χ2v) is 4.81. The third-order valence-corrected chi connectivity index (χ3v) is 3.44. The van der Waals surface area contributed by atoms with Crippen LogP contribution in [0.1, 0.15) is 42.8 Å². The third-order valence-electron chi connectivity index (χ3n) is 2.53. The van der Waals surface area contributed by atoms with Crippen LogP contribution in [0.5, 0.6) is 0 Å². The van der Waals surface area contributed by atoms with E-state index in [0.29, 0.717) is 10.6 Å². The lowest BCUT2D eigenvalue weighted by Crippen LogP contribution is -2.12. The Labute approximate surface area is 123 Å². The zero-order chi connectivity index (χ0) is 14.8. The maximum atomic E-state index is 11.9. The summed E-state index contributed by atoms with van der Waals surface area (Å²) in [6.45, 7) is 4.00. The fourth-order valence-corrected chi connectivity index (χ4v) is 2.27. The largest absolute Gasteiger partial charge is 0.293 e. The molecule has 0 saturated heterocycles. The molecular formula is C16H19NO2S. The number of ketones is 2. The first kappa shape index (κ1) is 16.2. The summed E-state index contributed by atoms with van der Waals surface area (Å²) in [6.07, 6.45) is 8.37. The minimum atomic E-state index is -0.0808. The molecule has 0 unspecified atom stereocenters. The van der Waals surface area contributed by atoms with Gasteiger partial charge in [-0.3, -0.25) is 14.6 Å². The summed E-state index contributed by atoms with van der Waals surface area (Å²) in [4.78, 5) is 28.4. The van der Waals surface area contributed by atoms with Crippen LogP contribution in [0.15, 0.2) is 46.9 Å². The lowest BCUT2D eigenvalue weighted by atomic mass is 10.1. The molecule has 1 aromatic heterocycles. The van der Waals surface area contributed by atoms with Crippen LogP contribution in [-0.4, -0.2) is 17.3 Å². The lowest BCUT2D eigenvalue weighted by Gasteiger charge is -1.99. The number of rotatable bonds is 5. The van der Waals surface area contributed by atoms with Crippen molar-refractivity contribution in [1.29, 1.82) is 0 Å². The topological polar surface area (TPSA) is 46.5 Å². The predicted octanol–water partition coefficient (Wildman–Crippen LogP) is 4.22. The molecule has 0 fully saturated rings. The van der Waals surface area contributed by atoms with Gasteiger partial charge in [0.15, 0.2) is 11.6 Å². The van der Waals surface area contributed by atoms with Crippen molar-refractivity contribution in [2.45, 2.75) is 33.1 Å². The van der Waals surface area contributed by atoms with E-state index in [1.165, 1.54) is 11.3 Å². The number of allylic oxidation sites excluding steroid dienone is 3. The van der Waals surface area contributed by atoms with Crippen molar-refractivity contribution < 1.29 is 9.59 Å². The number of hydrogen-bond acceptors (Lipinski definition) is 4. The van der Waals surface area contributed by atoms with Gasteiger partial charge in [-0.2, -0.15) is 0 Å². The molecule has 2 heterocycles. The molecular weight excluding hydrogens is 270 g/mol. The Kier molecular flexibility index (Phi) is 7.43. The summed E-state index contributed by atoms with van der Waals surface area (Å²) in [7, 11) is 0. The van der Waals surface area contributed by atoms with Gasteiger partial charge in [-0.1, -0.05) is 32.1 Å². The molecule has 0 radical (unpaired) electrons. The molecule has 0 atom stereocenters. The minimum absolute atomic E-state index is 0.0205. The lowest BCUT2D eigenvalue weighted by molar-refractivity contribution is -0.112. The number of aliphatic imine (C=N–C) groups is 1. The average molecular weight is 289 g/mol. The number of thiophene rings is 1. The van der Waals surface area contributed by atoms with E-state index >= 15 is 0 Å². The van der Waals surface area contributed by atoms with Crippen LogP contribution in [0.3, 0.4) is 0 Å². The Morgan fingerprint density at radius 1 is 1.20 bits per heavy atom. The van der Waals surface area contributed by atoms with Gasteiger partial charge < -0.3 is 0 Å². The highest BCUT2D eigenvalue weighted by Crippen LogP contribution is 2.13. The number of hydrogen-bond donors (Lipinski definition) is 0. The molecule has 1 aliphatic heterocycles. The van der Waals surface area contributed by atoms with Gasteiger partial charge in [-0.15, -0.1) is 11.3 Å². The molecule has 1 aliphatic rings. The van der Waals surface area contributed by atoms with E-state index in [4.69, 9.17) is 0 Å². The van der Waals surface area contributed by atoms with E-state index in [9.17, 15) is 9.59 Å². The van der Waals surface area contributed by atoms with Crippen LogP contribution in [0.4, 0.5) is 0 Å². The molecule has 0 saturated carbocycles. The van der Waals surface area contributed by atoms with Crippen LogP contribution < -0.4 is 0 Å². The maximum absolute atomic E-state index is 11.9. The first-order valence-electron chi connectivity index (χ1n) is 6.76. The van der Waals surface area contributed by atoms with E-state index in [-0.39, 0.29) is 24.4 Å². The quantitative estimate of drug-likeness (QED) is 0.762. The first-order chi connectivity index (χ1) is 9.77. The number of nitrogens with zero attached hydrogens (tertiary/aromatic N) is 1. The van der Waals surface area contributed by atoms with E-state index in [1.807, 2.05) is 37.4 Å². The number of carbonyl (C=O) groups is 2. The Morgan fingerprint density at radius 3 is 2.65 bits per heavy atom. The highest BCUT2D eigenvalue weighted by Gasteiger charge is 2.13. The number of Topliss-reactive ketones (excluding diaryl/α,β-unsaturated/α-hetero) is 2. The highest BCUT2D eigenvalue weighted by molar-refractivity contribution is 7.12. The van der Waals surface area contributed by atoms with Crippen molar-refractivity contribution in [3.63, 3.8) is 0 Å². The summed E-state index contributed by atoms with van der Waals surface area (Å²) in [5.74, 6) is -0.0604. The van der Waals surface area contributed by atoms with Crippen molar-refractivity contribution in [2.24, 2.45) is 4.99 Å². The molecule has 0 amide bonds. The summed E-state index contributed by atoms with van der Waals surface area (Å²) in [5, 5.41) is 1.86. The normalized spacial score (nSPS) is 13.0. The van der Waals surface area contributed by atoms with Gasteiger partial charge in [0.25, 0.3) is 0 Å². The first-order valence-corrected chi connectivity index (χ1v) is 7.64. The second kappa shape index (κ2) is 9.15. The van der Waals surface area contributed by atoms with Gasteiger partial charge in [-0.05, 0) is 23.9 Å². The molecule has 0 aromatic carbocycles. The zero-order valence-corrected chi connectivity index (χ0v) is 12.7. The van der Waals surface area contributed by atoms with Crippen molar-refractivity contribution >= 4 is 28.6 Å². The molecule has 3 nitrogen and oxygen atoms in total. The maximum Gasteiger partial charge on any atom is 0.181 e. The van der Waals surface area contributed by atoms with Crippen molar-refractivity contribution in [3.8, 4) is 0 Å². The van der Waals surface area contributed by atoms with Gasteiger partial charge in [0.2, 0.25) is 0 Å². The predicted molar refractivity (Wildman–Crippen MR) is 84.6 cm³/mol. The van der Waals surface area contributed by atoms with E-state index in [2.05, 4.69) is 4.99 Å². The van der Waals surface area contributed by atoms with Crippen LogP contribution in [0, 0.1) is 0 Å². The smallest absolute Gasteiger partial charge is 0.181 e.